The van der Waals surface area contributed by atoms with E-state index in [0.29, 0.717) is 5.92 Å². The van der Waals surface area contributed by atoms with Crippen LogP contribution in [0, 0.1) is 4.77 Å². The van der Waals surface area contributed by atoms with E-state index >= 15 is 0 Å². The SMILES string of the molecule is CC(C)c1n[nH]c(=S)n1N1CCCCC1. The number of nitrogens with one attached hydrogen (secondary N) is 1. The van der Waals surface area contributed by atoms with Crippen LogP contribution < -0.4 is 5.01 Å². The maximum atomic E-state index is 5.28. The minimum atomic E-state index is 0.403. The monoisotopic (exact) mass is 226 g/mol. The quantitative estimate of drug-likeness (QED) is 0.785. The van der Waals surface area contributed by atoms with Crippen molar-refractivity contribution in [3.63, 3.8) is 0 Å². The van der Waals surface area contributed by atoms with Crippen LogP contribution in [0.2, 0.25) is 0 Å². The first-order valence-electron chi connectivity index (χ1n) is 5.62. The lowest BCUT2D eigenvalue weighted by Gasteiger charge is -2.30. The van der Waals surface area contributed by atoms with Crippen LogP contribution in [-0.4, -0.2) is 28.0 Å². The fourth-order valence-electron chi connectivity index (χ4n) is 2.03. The van der Waals surface area contributed by atoms with E-state index < -0.39 is 0 Å². The number of hydrogen-bond donors (Lipinski definition) is 1. The van der Waals surface area contributed by atoms with Crippen molar-refractivity contribution in [3.05, 3.63) is 10.6 Å². The summed E-state index contributed by atoms with van der Waals surface area (Å²) in [5.41, 5.74) is 0. The molecule has 0 amide bonds. The molecule has 0 unspecified atom stereocenters. The third-order valence-corrected chi connectivity index (χ3v) is 3.07. The lowest BCUT2D eigenvalue weighted by atomic mass is 10.1. The molecule has 0 atom stereocenters. The zero-order valence-corrected chi connectivity index (χ0v) is 10.2. The molecular formula is C10H18N4S. The molecule has 0 aliphatic carbocycles. The molecule has 1 N–H and O–H groups in total. The number of rotatable bonds is 2. The highest BCUT2D eigenvalue weighted by atomic mass is 32.1. The van der Waals surface area contributed by atoms with Gasteiger partial charge in [-0.1, -0.05) is 13.8 Å². The molecule has 0 saturated carbocycles. The first kappa shape index (κ1) is 10.7. The van der Waals surface area contributed by atoms with Gasteiger partial charge in [-0.05, 0) is 31.5 Å². The maximum absolute atomic E-state index is 5.28. The average Bonchev–Trinajstić information content (AvgIpc) is 2.61. The molecule has 1 aromatic heterocycles. The summed E-state index contributed by atoms with van der Waals surface area (Å²) in [6.07, 6.45) is 3.84. The molecule has 0 aromatic carbocycles. The molecule has 15 heavy (non-hydrogen) atoms. The standard InChI is InChI=1S/C10H18N4S/c1-8(2)9-11-12-10(15)14(9)13-6-4-3-5-7-13/h8H,3-7H2,1-2H3,(H,12,15). The number of nitrogens with zero attached hydrogens (tertiary/aromatic N) is 3. The van der Waals surface area contributed by atoms with Crippen molar-refractivity contribution >= 4 is 12.2 Å². The van der Waals surface area contributed by atoms with E-state index in [-0.39, 0.29) is 0 Å². The summed E-state index contributed by atoms with van der Waals surface area (Å²) in [7, 11) is 0. The van der Waals surface area contributed by atoms with Crippen molar-refractivity contribution in [2.75, 3.05) is 18.1 Å². The highest BCUT2D eigenvalue weighted by molar-refractivity contribution is 7.71. The minimum absolute atomic E-state index is 0.403. The van der Waals surface area contributed by atoms with Crippen molar-refractivity contribution in [3.8, 4) is 0 Å². The fraction of sp³-hybridized carbons (Fsp3) is 0.800. The predicted octanol–water partition coefficient (Wildman–Crippen LogP) is 2.19. The molecule has 1 fully saturated rings. The zero-order chi connectivity index (χ0) is 10.8. The minimum Gasteiger partial charge on any atom is -0.309 e. The Hall–Kier alpha value is -0.840. The Balaban J connectivity index is 2.32. The van der Waals surface area contributed by atoms with Crippen LogP contribution in [0.1, 0.15) is 44.9 Å². The second-order valence-corrected chi connectivity index (χ2v) is 4.75. The van der Waals surface area contributed by atoms with Crippen LogP contribution in [0.3, 0.4) is 0 Å². The van der Waals surface area contributed by atoms with Gasteiger partial charge >= 0.3 is 0 Å². The fourth-order valence-corrected chi connectivity index (χ4v) is 2.28. The first-order valence-corrected chi connectivity index (χ1v) is 6.03. The Morgan fingerprint density at radius 3 is 2.53 bits per heavy atom. The summed E-state index contributed by atoms with van der Waals surface area (Å²) in [6.45, 7) is 6.47. The molecule has 1 aliphatic heterocycles. The van der Waals surface area contributed by atoms with E-state index in [0.717, 1.165) is 23.7 Å². The molecule has 0 bridgehead atoms. The molecular weight excluding hydrogens is 208 g/mol. The molecule has 1 aromatic rings. The molecule has 1 aliphatic rings. The van der Waals surface area contributed by atoms with E-state index in [4.69, 9.17) is 12.2 Å². The second kappa shape index (κ2) is 4.35. The predicted molar refractivity (Wildman–Crippen MR) is 63.3 cm³/mol. The van der Waals surface area contributed by atoms with Crippen LogP contribution in [0.25, 0.3) is 0 Å². The Kier molecular flexibility index (Phi) is 3.09. The topological polar surface area (TPSA) is 36.9 Å². The lowest BCUT2D eigenvalue weighted by Crippen LogP contribution is -2.40. The summed E-state index contributed by atoms with van der Waals surface area (Å²) in [5, 5.41) is 9.49. The van der Waals surface area contributed by atoms with Crippen molar-refractivity contribution in [2.45, 2.75) is 39.0 Å². The van der Waals surface area contributed by atoms with Gasteiger partial charge in [-0.3, -0.25) is 5.10 Å². The van der Waals surface area contributed by atoms with Crippen molar-refractivity contribution in [2.24, 2.45) is 0 Å². The maximum Gasteiger partial charge on any atom is 0.214 e. The van der Waals surface area contributed by atoms with Gasteiger partial charge in [-0.15, -0.1) is 0 Å². The third-order valence-electron chi connectivity index (χ3n) is 2.81. The molecule has 1 saturated heterocycles. The van der Waals surface area contributed by atoms with Gasteiger partial charge in [0.05, 0.1) is 0 Å². The smallest absolute Gasteiger partial charge is 0.214 e. The third kappa shape index (κ3) is 2.07. The van der Waals surface area contributed by atoms with Crippen LogP contribution in [0.15, 0.2) is 0 Å². The normalized spacial score (nSPS) is 17.4. The molecule has 84 valence electrons. The Bertz CT molecular complexity index is 373. The number of aromatic nitrogens is 3. The number of H-pyrrole nitrogens is 1. The van der Waals surface area contributed by atoms with Crippen LogP contribution >= 0.6 is 12.2 Å². The van der Waals surface area contributed by atoms with E-state index in [2.05, 4.69) is 33.7 Å². The summed E-state index contributed by atoms with van der Waals surface area (Å²) >= 11 is 5.28. The van der Waals surface area contributed by atoms with Gasteiger partial charge in [0.25, 0.3) is 0 Å². The van der Waals surface area contributed by atoms with E-state index in [1.807, 2.05) is 0 Å². The van der Waals surface area contributed by atoms with Gasteiger partial charge in [0.15, 0.2) is 5.82 Å². The Labute approximate surface area is 95.3 Å². The van der Waals surface area contributed by atoms with Crippen molar-refractivity contribution < 1.29 is 0 Å². The zero-order valence-electron chi connectivity index (χ0n) is 9.36. The first-order chi connectivity index (χ1) is 7.20. The number of hydrogen-bond acceptors (Lipinski definition) is 3. The summed E-state index contributed by atoms with van der Waals surface area (Å²) < 4.78 is 2.81. The van der Waals surface area contributed by atoms with E-state index in [1.54, 1.807) is 0 Å². The molecule has 4 nitrogen and oxygen atoms in total. The summed E-state index contributed by atoms with van der Waals surface area (Å²) in [5.74, 6) is 1.45. The molecule has 2 rings (SSSR count). The molecule has 5 heteroatoms. The van der Waals surface area contributed by atoms with Crippen molar-refractivity contribution in [1.82, 2.24) is 14.9 Å². The van der Waals surface area contributed by atoms with Crippen LogP contribution in [0.4, 0.5) is 0 Å². The van der Waals surface area contributed by atoms with Gasteiger partial charge in [0.1, 0.15) is 0 Å². The van der Waals surface area contributed by atoms with Crippen LogP contribution in [0.5, 0.6) is 0 Å². The molecule has 0 radical (unpaired) electrons. The molecule has 2 heterocycles. The average molecular weight is 226 g/mol. The summed E-state index contributed by atoms with van der Waals surface area (Å²) in [6, 6.07) is 0. The highest BCUT2D eigenvalue weighted by Crippen LogP contribution is 2.15. The van der Waals surface area contributed by atoms with E-state index in [1.165, 1.54) is 19.3 Å². The van der Waals surface area contributed by atoms with Gasteiger partial charge in [-0.2, -0.15) is 5.10 Å². The number of aromatic amines is 1. The summed E-state index contributed by atoms with van der Waals surface area (Å²) in [4.78, 5) is 0. The largest absolute Gasteiger partial charge is 0.309 e. The van der Waals surface area contributed by atoms with Gasteiger partial charge in [-0.25, -0.2) is 4.68 Å². The Morgan fingerprint density at radius 1 is 1.27 bits per heavy atom. The van der Waals surface area contributed by atoms with Gasteiger partial charge < -0.3 is 5.01 Å². The van der Waals surface area contributed by atoms with E-state index in [9.17, 15) is 0 Å². The van der Waals surface area contributed by atoms with Gasteiger partial charge in [0, 0.05) is 19.0 Å². The number of piperidine rings is 1. The molecule has 0 spiro atoms. The van der Waals surface area contributed by atoms with Crippen LogP contribution in [-0.2, 0) is 0 Å². The second-order valence-electron chi connectivity index (χ2n) is 4.37. The lowest BCUT2D eigenvalue weighted by molar-refractivity contribution is 0.459. The Morgan fingerprint density at radius 2 is 1.93 bits per heavy atom. The van der Waals surface area contributed by atoms with Gasteiger partial charge in [0.2, 0.25) is 4.77 Å². The highest BCUT2D eigenvalue weighted by Gasteiger charge is 2.17. The van der Waals surface area contributed by atoms with Crippen molar-refractivity contribution in [1.29, 1.82) is 0 Å².